The Morgan fingerprint density at radius 3 is 2.92 bits per heavy atom. The average Bonchev–Trinajstić information content (AvgIpc) is 2.48. The first kappa shape index (κ1) is 7.98. The maximum atomic E-state index is 13.0. The van der Waals surface area contributed by atoms with Crippen LogP contribution in [0.3, 0.4) is 0 Å². The topological polar surface area (TPSA) is 12.0 Å². The fourth-order valence-electron chi connectivity index (χ4n) is 1.38. The largest absolute Gasteiger partial charge is 0.383 e. The van der Waals surface area contributed by atoms with E-state index < -0.39 is 11.6 Å². The molecule has 0 bridgehead atoms. The van der Waals surface area contributed by atoms with Crippen LogP contribution in [-0.4, -0.2) is 6.54 Å². The molecule has 4 heteroatoms. The van der Waals surface area contributed by atoms with Gasteiger partial charge in [0.05, 0.1) is 5.69 Å². The van der Waals surface area contributed by atoms with Gasteiger partial charge in [-0.1, -0.05) is 0 Å². The molecular formula is C8H6BrF2N. The summed E-state index contributed by atoms with van der Waals surface area (Å²) in [4.78, 5) is 0. The quantitative estimate of drug-likeness (QED) is 0.680. The lowest BCUT2D eigenvalue weighted by Gasteiger charge is -2.04. The van der Waals surface area contributed by atoms with Crippen LogP contribution in [0.15, 0.2) is 10.5 Å². The molecule has 1 N–H and O–H groups in total. The van der Waals surface area contributed by atoms with Crippen molar-refractivity contribution >= 4 is 21.6 Å². The minimum Gasteiger partial charge on any atom is -0.383 e. The van der Waals surface area contributed by atoms with Crippen LogP contribution in [-0.2, 0) is 6.42 Å². The van der Waals surface area contributed by atoms with Crippen LogP contribution in [0.4, 0.5) is 14.5 Å². The minimum absolute atomic E-state index is 0.446. The van der Waals surface area contributed by atoms with E-state index in [9.17, 15) is 8.78 Å². The van der Waals surface area contributed by atoms with E-state index in [1.54, 1.807) is 0 Å². The SMILES string of the molecule is Fc1cc(Br)c2c(c1F)CCN2. The van der Waals surface area contributed by atoms with Gasteiger partial charge in [-0.25, -0.2) is 8.78 Å². The predicted octanol–water partition coefficient (Wildman–Crippen LogP) is 2.70. The lowest BCUT2D eigenvalue weighted by Crippen LogP contribution is -1.92. The Kier molecular flexibility index (Phi) is 1.79. The summed E-state index contributed by atoms with van der Waals surface area (Å²) in [5, 5.41) is 2.98. The second-order valence-corrected chi connectivity index (χ2v) is 3.54. The van der Waals surface area contributed by atoms with Crippen LogP contribution >= 0.6 is 15.9 Å². The van der Waals surface area contributed by atoms with Crippen molar-refractivity contribution in [3.63, 3.8) is 0 Å². The zero-order chi connectivity index (χ0) is 8.72. The molecule has 2 rings (SSSR count). The Balaban J connectivity index is 2.69. The molecule has 1 aliphatic rings. The highest BCUT2D eigenvalue weighted by Crippen LogP contribution is 2.33. The molecule has 0 spiro atoms. The van der Waals surface area contributed by atoms with Crippen molar-refractivity contribution in [3.05, 3.63) is 27.7 Å². The second-order valence-electron chi connectivity index (χ2n) is 2.68. The number of anilines is 1. The molecule has 64 valence electrons. The number of halogens is 3. The normalized spacial score (nSPS) is 14.2. The van der Waals surface area contributed by atoms with Gasteiger partial charge < -0.3 is 5.32 Å². The van der Waals surface area contributed by atoms with E-state index in [1.807, 2.05) is 0 Å². The Morgan fingerprint density at radius 2 is 2.17 bits per heavy atom. The molecule has 1 nitrogen and oxygen atoms in total. The molecule has 0 amide bonds. The van der Waals surface area contributed by atoms with Crippen molar-refractivity contribution in [2.24, 2.45) is 0 Å². The Bertz CT molecular complexity index is 338. The minimum atomic E-state index is -0.788. The Hall–Kier alpha value is -0.640. The third-order valence-electron chi connectivity index (χ3n) is 1.95. The van der Waals surface area contributed by atoms with Gasteiger partial charge in [-0.3, -0.25) is 0 Å². The first-order valence-corrected chi connectivity index (χ1v) is 4.39. The van der Waals surface area contributed by atoms with Crippen LogP contribution in [0.25, 0.3) is 0 Å². The van der Waals surface area contributed by atoms with E-state index in [0.717, 1.165) is 6.07 Å². The summed E-state index contributed by atoms with van der Waals surface area (Å²) in [6, 6.07) is 1.15. The summed E-state index contributed by atoms with van der Waals surface area (Å²) in [5.41, 5.74) is 1.13. The summed E-state index contributed by atoms with van der Waals surface area (Å²) in [6.45, 7) is 0.675. The highest BCUT2D eigenvalue weighted by Gasteiger charge is 2.20. The Morgan fingerprint density at radius 1 is 1.42 bits per heavy atom. The number of benzene rings is 1. The molecule has 0 unspecified atom stereocenters. The monoisotopic (exact) mass is 233 g/mol. The van der Waals surface area contributed by atoms with Gasteiger partial charge in [-0.15, -0.1) is 0 Å². The van der Waals surface area contributed by atoms with Crippen molar-refractivity contribution in [2.75, 3.05) is 11.9 Å². The maximum Gasteiger partial charge on any atom is 0.164 e. The summed E-state index contributed by atoms with van der Waals surface area (Å²) < 4.78 is 26.4. The van der Waals surface area contributed by atoms with Crippen LogP contribution in [0.1, 0.15) is 5.56 Å². The molecule has 1 aromatic carbocycles. The van der Waals surface area contributed by atoms with Crippen LogP contribution < -0.4 is 5.32 Å². The molecule has 0 aromatic heterocycles. The molecule has 0 aliphatic carbocycles. The van der Waals surface area contributed by atoms with E-state index in [2.05, 4.69) is 21.2 Å². The van der Waals surface area contributed by atoms with Crippen molar-refractivity contribution in [2.45, 2.75) is 6.42 Å². The summed E-state index contributed by atoms with van der Waals surface area (Å²) in [6.07, 6.45) is 0.553. The van der Waals surface area contributed by atoms with Crippen molar-refractivity contribution in [3.8, 4) is 0 Å². The van der Waals surface area contributed by atoms with Gasteiger partial charge in [-0.05, 0) is 28.4 Å². The molecule has 1 heterocycles. The highest BCUT2D eigenvalue weighted by atomic mass is 79.9. The fourth-order valence-corrected chi connectivity index (χ4v) is 1.96. The highest BCUT2D eigenvalue weighted by molar-refractivity contribution is 9.10. The number of nitrogens with one attached hydrogen (secondary N) is 1. The molecule has 1 aromatic rings. The van der Waals surface area contributed by atoms with Gasteiger partial charge in [0.2, 0.25) is 0 Å². The van der Waals surface area contributed by atoms with Gasteiger partial charge in [0, 0.05) is 16.6 Å². The Labute approximate surface area is 76.9 Å². The third-order valence-corrected chi connectivity index (χ3v) is 2.57. The van der Waals surface area contributed by atoms with Gasteiger partial charge >= 0.3 is 0 Å². The smallest absolute Gasteiger partial charge is 0.164 e. The fraction of sp³-hybridized carbons (Fsp3) is 0.250. The van der Waals surface area contributed by atoms with Crippen LogP contribution in [0, 0.1) is 11.6 Å². The van der Waals surface area contributed by atoms with E-state index in [0.29, 0.717) is 28.7 Å². The zero-order valence-corrected chi connectivity index (χ0v) is 7.71. The van der Waals surface area contributed by atoms with Gasteiger partial charge in [-0.2, -0.15) is 0 Å². The number of fused-ring (bicyclic) bond motifs is 1. The standard InChI is InChI=1S/C8H6BrF2N/c9-5-3-6(10)7(11)4-1-2-12-8(4)5/h3,12H,1-2H2. The molecule has 0 radical (unpaired) electrons. The second kappa shape index (κ2) is 2.69. The van der Waals surface area contributed by atoms with Crippen molar-refractivity contribution in [1.82, 2.24) is 0 Å². The summed E-state index contributed by atoms with van der Waals surface area (Å²) >= 11 is 3.16. The molecule has 0 saturated heterocycles. The molecule has 1 aliphatic heterocycles. The van der Waals surface area contributed by atoms with Crippen molar-refractivity contribution in [1.29, 1.82) is 0 Å². The number of hydrogen-bond acceptors (Lipinski definition) is 1. The van der Waals surface area contributed by atoms with E-state index in [1.165, 1.54) is 0 Å². The van der Waals surface area contributed by atoms with Gasteiger partial charge in [0.15, 0.2) is 11.6 Å². The summed E-state index contributed by atoms with van der Waals surface area (Å²) in [7, 11) is 0. The van der Waals surface area contributed by atoms with E-state index in [-0.39, 0.29) is 0 Å². The molecular weight excluding hydrogens is 228 g/mol. The molecule has 0 fully saturated rings. The number of rotatable bonds is 0. The molecule has 0 saturated carbocycles. The predicted molar refractivity (Wildman–Crippen MR) is 46.3 cm³/mol. The molecule has 12 heavy (non-hydrogen) atoms. The third kappa shape index (κ3) is 1.02. The lowest BCUT2D eigenvalue weighted by atomic mass is 10.1. The van der Waals surface area contributed by atoms with Crippen LogP contribution in [0.2, 0.25) is 0 Å². The molecule has 0 atom stereocenters. The van der Waals surface area contributed by atoms with Crippen LogP contribution in [0.5, 0.6) is 0 Å². The first-order valence-electron chi connectivity index (χ1n) is 3.60. The van der Waals surface area contributed by atoms with E-state index >= 15 is 0 Å². The zero-order valence-electron chi connectivity index (χ0n) is 6.13. The van der Waals surface area contributed by atoms with Gasteiger partial charge in [0.25, 0.3) is 0 Å². The lowest BCUT2D eigenvalue weighted by molar-refractivity contribution is 0.501. The average molecular weight is 234 g/mol. The first-order chi connectivity index (χ1) is 5.70. The maximum absolute atomic E-state index is 13.0. The van der Waals surface area contributed by atoms with Crippen molar-refractivity contribution < 1.29 is 8.78 Å². The number of hydrogen-bond donors (Lipinski definition) is 1. The summed E-state index contributed by atoms with van der Waals surface area (Å²) in [5.74, 6) is -1.51. The van der Waals surface area contributed by atoms with Gasteiger partial charge in [0.1, 0.15) is 0 Å². The van der Waals surface area contributed by atoms with E-state index in [4.69, 9.17) is 0 Å².